The molecule has 0 fully saturated rings. The number of rotatable bonds is 4. The average molecular weight is 471 g/mol. The average Bonchev–Trinajstić information content (AvgIpc) is 2.65. The fourth-order valence-electron chi connectivity index (χ4n) is 1.85. The van der Waals surface area contributed by atoms with Gasteiger partial charge in [-0.25, -0.2) is 0 Å². The summed E-state index contributed by atoms with van der Waals surface area (Å²) in [6.45, 7) is -0.283. The molecular weight excluding hydrogens is 446 g/mol. The van der Waals surface area contributed by atoms with E-state index in [1.165, 1.54) is 12.3 Å². The minimum atomic E-state index is -0.994. The maximum Gasteiger partial charge on any atom is 0.325 e. The Hall–Kier alpha value is -3.18. The normalized spacial score (nSPS) is 8.40. The Morgan fingerprint density at radius 3 is 1.70 bits per heavy atom. The molecule has 11 heteroatoms. The van der Waals surface area contributed by atoms with Gasteiger partial charge in [0, 0.05) is 41.2 Å². The summed E-state index contributed by atoms with van der Waals surface area (Å²) in [5.41, 5.74) is 2.35. The molecule has 0 spiro atoms. The fraction of sp³-hybridized carbons (Fsp3) is 0.0526. The van der Waals surface area contributed by atoms with E-state index in [1.807, 2.05) is 36.4 Å². The number of hydrogen-bond donors (Lipinski definition) is 2. The van der Waals surface area contributed by atoms with Gasteiger partial charge < -0.3 is 32.1 Å². The van der Waals surface area contributed by atoms with E-state index in [9.17, 15) is 9.90 Å². The molecule has 2 aromatic heterocycles. The van der Waals surface area contributed by atoms with Crippen LogP contribution in [0.25, 0.3) is 11.4 Å². The smallest absolute Gasteiger partial charge is 0.325 e. The number of benzene rings is 1. The molecular formula is C19H25CuN3O7. The predicted octanol–water partition coefficient (Wildman–Crippen LogP) is -0.262. The number of para-hydroxylation sites is 1. The van der Waals surface area contributed by atoms with Gasteiger partial charge in [0.2, 0.25) is 0 Å². The molecule has 10 N–H and O–H groups in total. The summed E-state index contributed by atoms with van der Waals surface area (Å²) < 4.78 is 0. The van der Waals surface area contributed by atoms with Crippen molar-refractivity contribution in [3.63, 3.8) is 0 Å². The summed E-state index contributed by atoms with van der Waals surface area (Å²) >= 11 is 0. The molecule has 0 aliphatic carbocycles. The van der Waals surface area contributed by atoms with Crippen molar-refractivity contribution < 1.29 is 54.0 Å². The molecule has 0 saturated carbocycles. The van der Waals surface area contributed by atoms with Crippen LogP contribution in [0.5, 0.6) is 5.75 Å². The SMILES string of the molecule is O.O.O.O.O=C(O)CN=Cc1ccccc1O.[Cu].c1ccc(-c2ccccn2)nc1. The number of pyridine rings is 2. The van der Waals surface area contributed by atoms with Crippen molar-refractivity contribution in [2.45, 2.75) is 0 Å². The van der Waals surface area contributed by atoms with Crippen LogP contribution < -0.4 is 0 Å². The van der Waals surface area contributed by atoms with Crippen LogP contribution in [0.1, 0.15) is 5.56 Å². The van der Waals surface area contributed by atoms with E-state index in [0.29, 0.717) is 5.56 Å². The third-order valence-electron chi connectivity index (χ3n) is 2.99. The molecule has 10 nitrogen and oxygen atoms in total. The van der Waals surface area contributed by atoms with Gasteiger partial charge in [0.1, 0.15) is 12.3 Å². The van der Waals surface area contributed by atoms with Gasteiger partial charge in [-0.05, 0) is 36.4 Å². The molecule has 0 aliphatic rings. The van der Waals surface area contributed by atoms with E-state index in [4.69, 9.17) is 5.11 Å². The van der Waals surface area contributed by atoms with E-state index in [-0.39, 0.29) is 51.3 Å². The van der Waals surface area contributed by atoms with Gasteiger partial charge >= 0.3 is 5.97 Å². The summed E-state index contributed by atoms with van der Waals surface area (Å²) in [4.78, 5) is 22.1. The number of carboxylic acids is 1. The molecule has 1 aromatic carbocycles. The second-order valence-electron chi connectivity index (χ2n) is 4.85. The molecule has 3 aromatic rings. The summed E-state index contributed by atoms with van der Waals surface area (Å²) in [6, 6.07) is 18.2. The monoisotopic (exact) mass is 470 g/mol. The van der Waals surface area contributed by atoms with Crippen molar-refractivity contribution in [1.29, 1.82) is 0 Å². The van der Waals surface area contributed by atoms with Crippen LogP contribution in [0.4, 0.5) is 0 Å². The van der Waals surface area contributed by atoms with Crippen LogP contribution in [-0.2, 0) is 21.9 Å². The van der Waals surface area contributed by atoms with Crippen LogP contribution in [-0.4, -0.2) is 60.8 Å². The van der Waals surface area contributed by atoms with Crippen molar-refractivity contribution in [3.05, 3.63) is 78.6 Å². The molecule has 1 radical (unpaired) electrons. The maximum absolute atomic E-state index is 10.1. The number of phenols is 1. The Balaban J connectivity index is -0.000000193. The number of hydrogen-bond acceptors (Lipinski definition) is 5. The second kappa shape index (κ2) is 19.1. The van der Waals surface area contributed by atoms with Crippen LogP contribution in [0.2, 0.25) is 0 Å². The summed E-state index contributed by atoms with van der Waals surface area (Å²) in [5, 5.41) is 17.5. The Kier molecular flexibility index (Phi) is 21.9. The summed E-state index contributed by atoms with van der Waals surface area (Å²) in [5.74, 6) is -0.900. The molecule has 0 atom stereocenters. The molecule has 0 aliphatic heterocycles. The number of aliphatic imine (C=N–C) groups is 1. The molecule has 30 heavy (non-hydrogen) atoms. The quantitative estimate of drug-likeness (QED) is 0.387. The predicted molar refractivity (Wildman–Crippen MR) is 110 cm³/mol. The second-order valence-corrected chi connectivity index (χ2v) is 4.85. The van der Waals surface area contributed by atoms with Gasteiger partial charge in [-0.1, -0.05) is 24.3 Å². The molecule has 0 saturated heterocycles. The molecule has 169 valence electrons. The Morgan fingerprint density at radius 2 is 1.30 bits per heavy atom. The van der Waals surface area contributed by atoms with Crippen LogP contribution in [0, 0.1) is 0 Å². The number of carboxylic acid groups (broad SMARTS) is 1. The van der Waals surface area contributed by atoms with E-state index < -0.39 is 5.97 Å². The minimum Gasteiger partial charge on any atom is -0.507 e. The number of nitrogens with zero attached hydrogens (tertiary/aromatic N) is 3. The first-order valence-electron chi connectivity index (χ1n) is 7.49. The van der Waals surface area contributed by atoms with Crippen LogP contribution in [0.3, 0.4) is 0 Å². The van der Waals surface area contributed by atoms with E-state index in [2.05, 4.69) is 15.0 Å². The van der Waals surface area contributed by atoms with Crippen molar-refractivity contribution in [2.24, 2.45) is 4.99 Å². The van der Waals surface area contributed by atoms with Crippen molar-refractivity contribution in [3.8, 4) is 17.1 Å². The molecule has 2 heterocycles. The number of phenolic OH excluding ortho intramolecular Hbond substituents is 1. The van der Waals surface area contributed by atoms with Gasteiger partial charge in [0.25, 0.3) is 0 Å². The fourth-order valence-corrected chi connectivity index (χ4v) is 1.85. The zero-order valence-electron chi connectivity index (χ0n) is 15.7. The first kappa shape index (κ1) is 34.3. The number of carbonyl (C=O) groups is 1. The van der Waals surface area contributed by atoms with Crippen molar-refractivity contribution in [2.75, 3.05) is 6.54 Å². The summed E-state index contributed by atoms with van der Waals surface area (Å²) in [6.07, 6.45) is 4.87. The number of aliphatic carboxylic acids is 1. The van der Waals surface area contributed by atoms with Crippen LogP contribution in [0.15, 0.2) is 78.0 Å². The Morgan fingerprint density at radius 1 is 0.833 bits per heavy atom. The molecule has 0 amide bonds. The Bertz CT molecular complexity index is 800. The first-order chi connectivity index (χ1) is 12.2. The van der Waals surface area contributed by atoms with Crippen LogP contribution >= 0.6 is 0 Å². The third-order valence-corrected chi connectivity index (χ3v) is 2.99. The van der Waals surface area contributed by atoms with Gasteiger partial charge in [-0.2, -0.15) is 0 Å². The molecule has 0 unspecified atom stereocenters. The molecule has 3 rings (SSSR count). The van der Waals surface area contributed by atoms with Gasteiger partial charge in [0.05, 0.1) is 11.4 Å². The van der Waals surface area contributed by atoms with E-state index >= 15 is 0 Å². The number of aromatic hydroxyl groups is 1. The third kappa shape index (κ3) is 12.3. The largest absolute Gasteiger partial charge is 0.507 e. The van der Waals surface area contributed by atoms with Gasteiger partial charge in [0.15, 0.2) is 0 Å². The zero-order chi connectivity index (χ0) is 17.9. The topological polar surface area (TPSA) is 222 Å². The van der Waals surface area contributed by atoms with Crippen molar-refractivity contribution >= 4 is 12.2 Å². The number of aromatic nitrogens is 2. The summed E-state index contributed by atoms with van der Waals surface area (Å²) in [7, 11) is 0. The van der Waals surface area contributed by atoms with Gasteiger partial charge in [-0.15, -0.1) is 0 Å². The standard InChI is InChI=1S/C10H8N2.C9H9NO3.Cu.4H2O/c1-3-7-11-9(5-1)10-6-2-4-8-12-10;11-8-4-2-1-3-7(8)5-10-6-9(12)13;;;;;/h1-8H;1-5,11H,6H2,(H,12,13);;4*1H2. The zero-order valence-corrected chi connectivity index (χ0v) is 16.6. The van der Waals surface area contributed by atoms with E-state index in [1.54, 1.807) is 30.6 Å². The first-order valence-corrected chi connectivity index (χ1v) is 7.49. The Labute approximate surface area is 183 Å². The molecule has 0 bridgehead atoms. The van der Waals surface area contributed by atoms with E-state index in [0.717, 1.165) is 11.4 Å². The minimum absolute atomic E-state index is 0. The van der Waals surface area contributed by atoms with Crippen molar-refractivity contribution in [1.82, 2.24) is 9.97 Å². The van der Waals surface area contributed by atoms with Gasteiger partial charge in [-0.3, -0.25) is 19.8 Å². The maximum atomic E-state index is 10.1.